The first-order valence-corrected chi connectivity index (χ1v) is 9.41. The third kappa shape index (κ3) is 3.05. The number of aromatic amines is 1. The fraction of sp³-hybridized carbons (Fsp3) is 0.444. The normalized spacial score (nSPS) is 17.7. The van der Waals surface area contributed by atoms with Crippen molar-refractivity contribution >= 4 is 29.0 Å². The van der Waals surface area contributed by atoms with Crippen LogP contribution >= 0.6 is 12.2 Å². The Morgan fingerprint density at radius 3 is 3.08 bits per heavy atom. The molecular weight excluding hydrogens is 348 g/mol. The minimum Gasteiger partial charge on any atom is -0.340 e. The molecule has 1 aromatic carbocycles. The van der Waals surface area contributed by atoms with Crippen LogP contribution in [0.5, 0.6) is 0 Å². The van der Waals surface area contributed by atoms with E-state index < -0.39 is 0 Å². The van der Waals surface area contributed by atoms with Crippen LogP contribution in [-0.4, -0.2) is 48.4 Å². The highest BCUT2D eigenvalue weighted by atomic mass is 32.1. The highest BCUT2D eigenvalue weighted by Gasteiger charge is 2.28. The van der Waals surface area contributed by atoms with Crippen LogP contribution in [0.25, 0.3) is 10.9 Å². The van der Waals surface area contributed by atoms with Crippen molar-refractivity contribution in [3.63, 3.8) is 0 Å². The molecule has 26 heavy (non-hydrogen) atoms. The SMILES string of the molecule is CCn1c(C2CCCN(C(=O)Cn3ncc4ccccc43)C2)n[nH]c1=S. The molecule has 1 atom stereocenters. The van der Waals surface area contributed by atoms with Crippen LogP contribution in [0, 0.1) is 4.77 Å². The number of rotatable bonds is 4. The molecule has 1 fully saturated rings. The van der Waals surface area contributed by atoms with Gasteiger partial charge in [0, 0.05) is 30.9 Å². The summed E-state index contributed by atoms with van der Waals surface area (Å²) in [6.07, 6.45) is 3.80. The molecule has 3 heterocycles. The number of hydrogen-bond acceptors (Lipinski definition) is 4. The second kappa shape index (κ2) is 7.03. The minimum absolute atomic E-state index is 0.0979. The molecule has 8 heteroatoms. The van der Waals surface area contributed by atoms with Crippen molar-refractivity contribution in [1.29, 1.82) is 0 Å². The van der Waals surface area contributed by atoms with Crippen LogP contribution in [0.1, 0.15) is 31.5 Å². The van der Waals surface area contributed by atoms with E-state index in [1.54, 1.807) is 10.9 Å². The Hall–Kier alpha value is -2.48. The number of aromatic nitrogens is 5. The fourth-order valence-corrected chi connectivity index (χ4v) is 4.01. The van der Waals surface area contributed by atoms with Crippen LogP contribution in [0.2, 0.25) is 0 Å². The molecule has 1 aliphatic heterocycles. The molecule has 1 N–H and O–H groups in total. The topological polar surface area (TPSA) is 71.7 Å². The molecule has 3 aromatic rings. The lowest BCUT2D eigenvalue weighted by molar-refractivity contribution is -0.133. The Morgan fingerprint density at radius 1 is 1.38 bits per heavy atom. The quantitative estimate of drug-likeness (QED) is 0.717. The number of benzene rings is 1. The second-order valence-electron chi connectivity index (χ2n) is 6.67. The number of nitrogens with one attached hydrogen (secondary N) is 1. The fourth-order valence-electron chi connectivity index (χ4n) is 3.74. The summed E-state index contributed by atoms with van der Waals surface area (Å²) in [6.45, 7) is 4.57. The molecule has 1 aliphatic rings. The number of carbonyl (C=O) groups excluding carboxylic acids is 1. The average Bonchev–Trinajstić information content (AvgIpc) is 3.25. The summed E-state index contributed by atoms with van der Waals surface area (Å²) in [6, 6.07) is 7.95. The maximum atomic E-state index is 12.9. The van der Waals surface area contributed by atoms with Crippen molar-refractivity contribution in [1.82, 2.24) is 29.4 Å². The van der Waals surface area contributed by atoms with E-state index in [9.17, 15) is 4.79 Å². The average molecular weight is 370 g/mol. The summed E-state index contributed by atoms with van der Waals surface area (Å²) >= 11 is 5.30. The molecular formula is C18H22N6OS. The molecule has 7 nitrogen and oxygen atoms in total. The highest BCUT2D eigenvalue weighted by molar-refractivity contribution is 7.71. The lowest BCUT2D eigenvalue weighted by Crippen LogP contribution is -2.41. The van der Waals surface area contributed by atoms with Crippen LogP contribution in [0.15, 0.2) is 30.5 Å². The van der Waals surface area contributed by atoms with Crippen LogP contribution in [0.3, 0.4) is 0 Å². The van der Waals surface area contributed by atoms with Crippen molar-refractivity contribution in [2.45, 2.75) is 38.8 Å². The lowest BCUT2D eigenvalue weighted by atomic mass is 9.97. The molecule has 4 rings (SSSR count). The van der Waals surface area contributed by atoms with Crippen molar-refractivity contribution in [2.24, 2.45) is 0 Å². The second-order valence-corrected chi connectivity index (χ2v) is 7.06. The number of piperidine rings is 1. The van der Waals surface area contributed by atoms with E-state index in [4.69, 9.17) is 12.2 Å². The number of H-pyrrole nitrogens is 1. The first kappa shape index (κ1) is 17.0. The number of para-hydroxylation sites is 1. The number of hydrogen-bond donors (Lipinski definition) is 1. The Bertz CT molecular complexity index is 987. The first-order valence-electron chi connectivity index (χ1n) is 9.00. The Morgan fingerprint density at radius 2 is 2.23 bits per heavy atom. The van der Waals surface area contributed by atoms with E-state index in [2.05, 4.69) is 22.2 Å². The van der Waals surface area contributed by atoms with Gasteiger partial charge < -0.3 is 9.47 Å². The number of fused-ring (bicyclic) bond motifs is 1. The number of likely N-dealkylation sites (tertiary alicyclic amines) is 1. The molecule has 0 bridgehead atoms. The summed E-state index contributed by atoms with van der Waals surface area (Å²) < 4.78 is 4.45. The molecule has 136 valence electrons. The van der Waals surface area contributed by atoms with E-state index in [-0.39, 0.29) is 18.4 Å². The van der Waals surface area contributed by atoms with Gasteiger partial charge in [0.15, 0.2) is 4.77 Å². The summed E-state index contributed by atoms with van der Waals surface area (Å²) in [5.41, 5.74) is 0.987. The van der Waals surface area contributed by atoms with Gasteiger partial charge in [-0.25, -0.2) is 0 Å². The largest absolute Gasteiger partial charge is 0.340 e. The van der Waals surface area contributed by atoms with Gasteiger partial charge in [-0.3, -0.25) is 14.6 Å². The van der Waals surface area contributed by atoms with Crippen molar-refractivity contribution in [3.05, 3.63) is 41.1 Å². The van der Waals surface area contributed by atoms with Gasteiger partial charge >= 0.3 is 0 Å². The standard InChI is InChI=1S/C18H22N6OS/c1-2-23-17(20-21-18(23)26)14-7-5-9-22(11-14)16(25)12-24-15-8-4-3-6-13(15)10-19-24/h3-4,6,8,10,14H,2,5,7,9,11-12H2,1H3,(H,21,26). The van der Waals surface area contributed by atoms with E-state index >= 15 is 0 Å². The van der Waals surface area contributed by atoms with Gasteiger partial charge in [-0.2, -0.15) is 10.2 Å². The zero-order chi connectivity index (χ0) is 18.1. The maximum Gasteiger partial charge on any atom is 0.244 e. The highest BCUT2D eigenvalue weighted by Crippen LogP contribution is 2.26. The predicted molar refractivity (Wildman–Crippen MR) is 101 cm³/mol. The van der Waals surface area contributed by atoms with Gasteiger partial charge in [-0.1, -0.05) is 18.2 Å². The van der Waals surface area contributed by atoms with E-state index in [0.717, 1.165) is 42.7 Å². The Balaban J connectivity index is 1.50. The molecule has 2 aromatic heterocycles. The van der Waals surface area contributed by atoms with Crippen LogP contribution in [-0.2, 0) is 17.9 Å². The summed E-state index contributed by atoms with van der Waals surface area (Å²) in [5.74, 6) is 1.27. The van der Waals surface area contributed by atoms with Gasteiger partial charge in [0.1, 0.15) is 12.4 Å². The minimum atomic E-state index is 0.0979. The Labute approximate surface area is 156 Å². The van der Waals surface area contributed by atoms with Gasteiger partial charge in [-0.05, 0) is 38.0 Å². The molecule has 1 saturated heterocycles. The van der Waals surface area contributed by atoms with Crippen LogP contribution in [0.4, 0.5) is 0 Å². The third-order valence-corrected chi connectivity index (χ3v) is 5.39. The Kier molecular flexibility index (Phi) is 4.58. The summed E-state index contributed by atoms with van der Waals surface area (Å²) in [7, 11) is 0. The molecule has 1 unspecified atom stereocenters. The smallest absolute Gasteiger partial charge is 0.244 e. The monoisotopic (exact) mass is 370 g/mol. The summed E-state index contributed by atoms with van der Waals surface area (Å²) in [4.78, 5) is 14.8. The van der Waals surface area contributed by atoms with Crippen molar-refractivity contribution < 1.29 is 4.79 Å². The zero-order valence-corrected chi connectivity index (χ0v) is 15.6. The molecule has 1 amide bonds. The van der Waals surface area contributed by atoms with E-state index in [0.29, 0.717) is 11.3 Å². The number of nitrogens with zero attached hydrogens (tertiary/aromatic N) is 5. The molecule has 0 radical (unpaired) electrons. The van der Waals surface area contributed by atoms with Gasteiger partial charge in [0.25, 0.3) is 0 Å². The lowest BCUT2D eigenvalue weighted by Gasteiger charge is -2.32. The summed E-state index contributed by atoms with van der Waals surface area (Å²) in [5, 5.41) is 12.7. The van der Waals surface area contributed by atoms with Gasteiger partial charge in [0.05, 0.1) is 11.7 Å². The predicted octanol–water partition coefficient (Wildman–Crippen LogP) is 2.72. The van der Waals surface area contributed by atoms with Crippen LogP contribution < -0.4 is 0 Å². The van der Waals surface area contributed by atoms with Crippen molar-refractivity contribution in [2.75, 3.05) is 13.1 Å². The van der Waals surface area contributed by atoms with E-state index in [1.165, 1.54) is 0 Å². The maximum absolute atomic E-state index is 12.9. The number of amides is 1. The molecule has 0 aliphatic carbocycles. The number of carbonyl (C=O) groups is 1. The van der Waals surface area contributed by atoms with Crippen molar-refractivity contribution in [3.8, 4) is 0 Å². The molecule has 0 saturated carbocycles. The third-order valence-electron chi connectivity index (χ3n) is 5.08. The first-order chi connectivity index (χ1) is 12.7. The van der Waals surface area contributed by atoms with E-state index in [1.807, 2.05) is 33.7 Å². The van der Waals surface area contributed by atoms with Gasteiger partial charge in [0.2, 0.25) is 5.91 Å². The van der Waals surface area contributed by atoms with Gasteiger partial charge in [-0.15, -0.1) is 0 Å². The zero-order valence-electron chi connectivity index (χ0n) is 14.8. The molecule has 0 spiro atoms.